The molecule has 0 radical (unpaired) electrons. The molecule has 0 heterocycles. The molecule has 2 nitrogen and oxygen atoms in total. The number of benzene rings is 1. The Kier molecular flexibility index (Phi) is 3.76. The molecule has 0 N–H and O–H groups in total. The van der Waals surface area contributed by atoms with Gasteiger partial charge in [0, 0.05) is 7.05 Å². The van der Waals surface area contributed by atoms with Gasteiger partial charge in [-0.15, -0.1) is 0 Å². The summed E-state index contributed by atoms with van der Waals surface area (Å²) in [6.07, 6.45) is 1.70. The molecule has 68 valence electrons. The van der Waals surface area contributed by atoms with Crippen LogP contribution in [0.3, 0.4) is 0 Å². The molecule has 0 unspecified atom stereocenters. The molecule has 1 aromatic carbocycles. The number of rotatable bonds is 4. The molecule has 0 aliphatic rings. The number of aliphatic imine (C=N–C) groups is 1. The second kappa shape index (κ2) is 5.14. The first-order chi connectivity index (χ1) is 6.36. The predicted molar refractivity (Wildman–Crippen MR) is 55.5 cm³/mol. The Morgan fingerprint density at radius 2 is 2.15 bits per heavy atom. The van der Waals surface area contributed by atoms with Gasteiger partial charge in [0.2, 0.25) is 0 Å². The third kappa shape index (κ3) is 3.11. The second-order valence-corrected chi connectivity index (χ2v) is 2.52. The average Bonchev–Trinajstić information content (AvgIpc) is 2.21. The third-order valence-electron chi connectivity index (χ3n) is 1.65. The highest BCUT2D eigenvalue weighted by atomic mass is 16.5. The Hall–Kier alpha value is -1.57. The summed E-state index contributed by atoms with van der Waals surface area (Å²) < 4.78 is 5.45. The minimum atomic E-state index is 0.476. The summed E-state index contributed by atoms with van der Waals surface area (Å²) >= 11 is 0. The monoisotopic (exact) mass is 175 g/mol. The molecule has 0 atom stereocenters. The van der Waals surface area contributed by atoms with Gasteiger partial charge in [-0.1, -0.05) is 24.8 Å². The van der Waals surface area contributed by atoms with Gasteiger partial charge in [-0.25, -0.2) is 0 Å². The van der Waals surface area contributed by atoms with Gasteiger partial charge in [-0.2, -0.15) is 0 Å². The van der Waals surface area contributed by atoms with E-state index in [1.54, 1.807) is 13.1 Å². The molecule has 0 saturated heterocycles. The molecule has 1 aromatic rings. The molecular weight excluding hydrogens is 162 g/mol. The zero-order valence-electron chi connectivity index (χ0n) is 7.73. The minimum absolute atomic E-state index is 0.476. The Balaban J connectivity index is 2.48. The molecule has 13 heavy (non-hydrogen) atoms. The number of para-hydroxylation sites is 1. The highest BCUT2D eigenvalue weighted by Crippen LogP contribution is 2.07. The molecule has 0 aliphatic heterocycles. The standard InChI is InChI=1S/C11H13NO/c1-3-10(12-2)9-13-11-7-5-4-6-8-11/h3-8H,1,9H2,2H3. The lowest BCUT2D eigenvalue weighted by Gasteiger charge is -2.04. The van der Waals surface area contributed by atoms with Crippen LogP contribution in [0.2, 0.25) is 0 Å². The second-order valence-electron chi connectivity index (χ2n) is 2.52. The normalized spacial score (nSPS) is 11.0. The van der Waals surface area contributed by atoms with E-state index in [-0.39, 0.29) is 0 Å². The Morgan fingerprint density at radius 1 is 1.46 bits per heavy atom. The van der Waals surface area contributed by atoms with Crippen LogP contribution in [-0.4, -0.2) is 19.4 Å². The van der Waals surface area contributed by atoms with E-state index in [1.165, 1.54) is 0 Å². The SMILES string of the molecule is C=CC(COc1ccccc1)=NC. The molecule has 1 rings (SSSR count). The number of ether oxygens (including phenoxy) is 1. The summed E-state index contributed by atoms with van der Waals surface area (Å²) in [5.41, 5.74) is 0.851. The quantitative estimate of drug-likeness (QED) is 0.643. The van der Waals surface area contributed by atoms with Crippen LogP contribution in [0, 0.1) is 0 Å². The van der Waals surface area contributed by atoms with Crippen molar-refractivity contribution < 1.29 is 4.74 Å². The van der Waals surface area contributed by atoms with Crippen molar-refractivity contribution in [2.24, 2.45) is 4.99 Å². The van der Waals surface area contributed by atoms with Crippen molar-refractivity contribution in [2.75, 3.05) is 13.7 Å². The lowest BCUT2D eigenvalue weighted by Crippen LogP contribution is -2.08. The maximum absolute atomic E-state index is 5.45. The van der Waals surface area contributed by atoms with E-state index >= 15 is 0 Å². The minimum Gasteiger partial charge on any atom is -0.487 e. The number of nitrogens with zero attached hydrogens (tertiary/aromatic N) is 1. The first-order valence-electron chi connectivity index (χ1n) is 4.12. The number of hydrogen-bond acceptors (Lipinski definition) is 2. The van der Waals surface area contributed by atoms with E-state index in [1.807, 2.05) is 30.3 Å². The van der Waals surface area contributed by atoms with Crippen molar-refractivity contribution in [3.8, 4) is 5.75 Å². The molecule has 0 amide bonds. The molecular formula is C11H13NO. The van der Waals surface area contributed by atoms with Crippen LogP contribution in [0.15, 0.2) is 48.0 Å². The lowest BCUT2D eigenvalue weighted by molar-refractivity contribution is 0.377. The van der Waals surface area contributed by atoms with E-state index < -0.39 is 0 Å². The van der Waals surface area contributed by atoms with Gasteiger partial charge in [-0.3, -0.25) is 4.99 Å². The van der Waals surface area contributed by atoms with E-state index in [0.29, 0.717) is 6.61 Å². The van der Waals surface area contributed by atoms with Crippen LogP contribution in [0.25, 0.3) is 0 Å². The van der Waals surface area contributed by atoms with Crippen LogP contribution in [-0.2, 0) is 0 Å². The summed E-state index contributed by atoms with van der Waals surface area (Å²) in [6, 6.07) is 9.65. The third-order valence-corrected chi connectivity index (χ3v) is 1.65. The molecule has 2 heteroatoms. The van der Waals surface area contributed by atoms with Crippen molar-refractivity contribution in [1.82, 2.24) is 0 Å². The Bertz CT molecular complexity index is 290. The highest BCUT2D eigenvalue weighted by Gasteiger charge is 1.93. The summed E-state index contributed by atoms with van der Waals surface area (Å²) in [5.74, 6) is 0.852. The van der Waals surface area contributed by atoms with Gasteiger partial charge >= 0.3 is 0 Å². The van der Waals surface area contributed by atoms with Gasteiger partial charge in [0.15, 0.2) is 0 Å². The maximum atomic E-state index is 5.45. The van der Waals surface area contributed by atoms with Gasteiger partial charge < -0.3 is 4.74 Å². The van der Waals surface area contributed by atoms with Gasteiger partial charge in [0.05, 0.1) is 5.71 Å². The molecule has 0 saturated carbocycles. The molecule has 0 bridgehead atoms. The maximum Gasteiger partial charge on any atom is 0.130 e. The summed E-state index contributed by atoms with van der Waals surface area (Å²) in [4.78, 5) is 4.00. The van der Waals surface area contributed by atoms with Crippen LogP contribution in [0.5, 0.6) is 5.75 Å². The molecule has 0 spiro atoms. The largest absolute Gasteiger partial charge is 0.487 e. The fraction of sp³-hybridized carbons (Fsp3) is 0.182. The molecule has 0 aromatic heterocycles. The van der Waals surface area contributed by atoms with Crippen LogP contribution in [0.1, 0.15) is 0 Å². The fourth-order valence-corrected chi connectivity index (χ4v) is 0.889. The highest BCUT2D eigenvalue weighted by molar-refractivity contribution is 5.95. The average molecular weight is 175 g/mol. The fourth-order valence-electron chi connectivity index (χ4n) is 0.889. The van der Waals surface area contributed by atoms with Crippen molar-refractivity contribution in [1.29, 1.82) is 0 Å². The summed E-state index contributed by atoms with van der Waals surface area (Å²) in [7, 11) is 1.73. The van der Waals surface area contributed by atoms with Crippen molar-refractivity contribution in [2.45, 2.75) is 0 Å². The van der Waals surface area contributed by atoms with Gasteiger partial charge in [-0.05, 0) is 18.2 Å². The van der Waals surface area contributed by atoms with E-state index in [9.17, 15) is 0 Å². The van der Waals surface area contributed by atoms with E-state index in [0.717, 1.165) is 11.5 Å². The van der Waals surface area contributed by atoms with E-state index in [4.69, 9.17) is 4.74 Å². The molecule has 0 aliphatic carbocycles. The van der Waals surface area contributed by atoms with Crippen LogP contribution < -0.4 is 4.74 Å². The van der Waals surface area contributed by atoms with Crippen LogP contribution >= 0.6 is 0 Å². The topological polar surface area (TPSA) is 21.6 Å². The smallest absolute Gasteiger partial charge is 0.130 e. The lowest BCUT2D eigenvalue weighted by atomic mass is 10.3. The molecule has 0 fully saturated rings. The van der Waals surface area contributed by atoms with Gasteiger partial charge in [0.25, 0.3) is 0 Å². The predicted octanol–water partition coefficient (Wildman–Crippen LogP) is 2.32. The van der Waals surface area contributed by atoms with Crippen LogP contribution in [0.4, 0.5) is 0 Å². The Morgan fingerprint density at radius 3 is 2.69 bits per heavy atom. The van der Waals surface area contributed by atoms with Crippen molar-refractivity contribution >= 4 is 5.71 Å². The zero-order valence-corrected chi connectivity index (χ0v) is 7.73. The zero-order chi connectivity index (χ0) is 9.52. The van der Waals surface area contributed by atoms with Crippen molar-refractivity contribution in [3.05, 3.63) is 43.0 Å². The summed E-state index contributed by atoms with van der Waals surface area (Å²) in [5, 5.41) is 0. The Labute approximate surface area is 78.6 Å². The van der Waals surface area contributed by atoms with E-state index in [2.05, 4.69) is 11.6 Å². The number of hydrogen-bond donors (Lipinski definition) is 0. The van der Waals surface area contributed by atoms with Gasteiger partial charge in [0.1, 0.15) is 12.4 Å². The first kappa shape index (κ1) is 9.52. The summed E-state index contributed by atoms with van der Waals surface area (Å²) in [6.45, 7) is 4.11. The van der Waals surface area contributed by atoms with Crippen molar-refractivity contribution in [3.63, 3.8) is 0 Å². The first-order valence-corrected chi connectivity index (χ1v) is 4.12.